The number of fused-ring (bicyclic) bond motifs is 1. The third-order valence-corrected chi connectivity index (χ3v) is 7.94. The normalized spacial score (nSPS) is 17.9. The standard InChI is InChI=1S/C21H22N8OS2/c1-2-9-27(8-1)19-24-25-20(28(19)12-17-6-4-10-30-17)31-13-16-14-32-21-26-23-18(29(16)21)15-5-3-7-22-11-15/h3-7,10-11,16H,1-2,8-9,12-14H2. The lowest BCUT2D eigenvalue weighted by Crippen LogP contribution is -2.22. The molecule has 1 saturated heterocycles. The molecule has 0 bridgehead atoms. The van der Waals surface area contributed by atoms with Crippen LogP contribution in [0, 0.1) is 0 Å². The van der Waals surface area contributed by atoms with E-state index in [0.29, 0.717) is 6.54 Å². The van der Waals surface area contributed by atoms with Crippen LogP contribution in [0.2, 0.25) is 0 Å². The molecule has 4 aromatic heterocycles. The van der Waals surface area contributed by atoms with Gasteiger partial charge in [0.05, 0.1) is 18.8 Å². The number of furan rings is 1. The van der Waals surface area contributed by atoms with Crippen molar-refractivity contribution in [2.45, 2.75) is 35.7 Å². The van der Waals surface area contributed by atoms with E-state index in [1.807, 2.05) is 30.5 Å². The molecule has 0 aromatic carbocycles. The van der Waals surface area contributed by atoms with Crippen LogP contribution in [0.3, 0.4) is 0 Å². The van der Waals surface area contributed by atoms with Crippen LogP contribution in [-0.4, -0.2) is 59.1 Å². The molecule has 164 valence electrons. The Hall–Kier alpha value is -2.79. The van der Waals surface area contributed by atoms with Gasteiger partial charge in [-0.15, -0.1) is 20.4 Å². The summed E-state index contributed by atoms with van der Waals surface area (Å²) in [6.45, 7) is 2.68. The van der Waals surface area contributed by atoms with Gasteiger partial charge in [0.1, 0.15) is 5.76 Å². The molecule has 9 nitrogen and oxygen atoms in total. The quantitative estimate of drug-likeness (QED) is 0.379. The topological polar surface area (TPSA) is 90.7 Å². The van der Waals surface area contributed by atoms with E-state index in [-0.39, 0.29) is 6.04 Å². The van der Waals surface area contributed by atoms with E-state index in [2.05, 4.69) is 39.4 Å². The molecule has 4 aromatic rings. The van der Waals surface area contributed by atoms with E-state index in [9.17, 15) is 0 Å². The SMILES string of the molecule is c1cncc(-c2nnc3n2C(CSc2nnc(N4CCCC4)n2Cc2ccco2)CS3)c1. The zero-order valence-corrected chi connectivity index (χ0v) is 19.0. The number of hydrogen-bond donors (Lipinski definition) is 0. The van der Waals surface area contributed by atoms with Crippen LogP contribution < -0.4 is 4.90 Å². The number of anilines is 1. The molecule has 6 rings (SSSR count). The van der Waals surface area contributed by atoms with Crippen LogP contribution in [0.4, 0.5) is 5.95 Å². The number of pyridine rings is 1. The summed E-state index contributed by atoms with van der Waals surface area (Å²) < 4.78 is 10.1. The first-order chi connectivity index (χ1) is 15.9. The zero-order chi connectivity index (χ0) is 21.3. The van der Waals surface area contributed by atoms with Gasteiger partial charge < -0.3 is 9.32 Å². The molecule has 0 N–H and O–H groups in total. The Morgan fingerprint density at radius 1 is 1.09 bits per heavy atom. The van der Waals surface area contributed by atoms with Crippen molar-refractivity contribution in [3.8, 4) is 11.4 Å². The molecule has 0 spiro atoms. The summed E-state index contributed by atoms with van der Waals surface area (Å²) in [6.07, 6.45) is 7.72. The zero-order valence-electron chi connectivity index (χ0n) is 17.4. The molecule has 1 unspecified atom stereocenters. The molecular formula is C21H22N8OS2. The first kappa shape index (κ1) is 19.9. The molecule has 6 heterocycles. The average molecular weight is 467 g/mol. The van der Waals surface area contributed by atoms with Gasteiger partial charge in [-0.25, -0.2) is 0 Å². The second kappa shape index (κ2) is 8.62. The second-order valence-electron chi connectivity index (χ2n) is 7.84. The van der Waals surface area contributed by atoms with Gasteiger partial charge in [-0.05, 0) is 37.1 Å². The Balaban J connectivity index is 1.25. The number of thioether (sulfide) groups is 2. The van der Waals surface area contributed by atoms with Crippen molar-refractivity contribution in [2.75, 3.05) is 29.5 Å². The van der Waals surface area contributed by atoms with Crippen LogP contribution in [0.5, 0.6) is 0 Å². The van der Waals surface area contributed by atoms with Crippen LogP contribution in [-0.2, 0) is 6.54 Å². The summed E-state index contributed by atoms with van der Waals surface area (Å²) >= 11 is 3.48. The minimum atomic E-state index is 0.272. The Labute approximate surface area is 193 Å². The van der Waals surface area contributed by atoms with Gasteiger partial charge in [0.2, 0.25) is 5.95 Å². The van der Waals surface area contributed by atoms with Crippen molar-refractivity contribution < 1.29 is 4.42 Å². The first-order valence-electron chi connectivity index (χ1n) is 10.7. The molecule has 2 aliphatic rings. The number of aromatic nitrogens is 7. The highest BCUT2D eigenvalue weighted by atomic mass is 32.2. The van der Waals surface area contributed by atoms with Crippen LogP contribution in [0.15, 0.2) is 57.7 Å². The number of nitrogens with zero attached hydrogens (tertiary/aromatic N) is 8. The summed E-state index contributed by atoms with van der Waals surface area (Å²) in [5.41, 5.74) is 0.987. The Morgan fingerprint density at radius 2 is 2.03 bits per heavy atom. The lowest BCUT2D eigenvalue weighted by molar-refractivity contribution is 0.483. The van der Waals surface area contributed by atoms with Crippen molar-refractivity contribution >= 4 is 29.5 Å². The molecule has 1 atom stereocenters. The monoisotopic (exact) mass is 466 g/mol. The molecule has 32 heavy (non-hydrogen) atoms. The predicted molar refractivity (Wildman–Crippen MR) is 123 cm³/mol. The third kappa shape index (κ3) is 3.69. The molecule has 0 amide bonds. The van der Waals surface area contributed by atoms with Crippen LogP contribution >= 0.6 is 23.5 Å². The van der Waals surface area contributed by atoms with E-state index in [0.717, 1.165) is 58.0 Å². The Bertz CT molecular complexity index is 1180. The maximum absolute atomic E-state index is 5.62. The summed E-state index contributed by atoms with van der Waals surface area (Å²) in [4.78, 5) is 6.57. The predicted octanol–water partition coefficient (Wildman–Crippen LogP) is 3.61. The molecule has 1 fully saturated rings. The van der Waals surface area contributed by atoms with Crippen molar-refractivity contribution in [3.63, 3.8) is 0 Å². The lowest BCUT2D eigenvalue weighted by Gasteiger charge is -2.18. The largest absolute Gasteiger partial charge is 0.467 e. The smallest absolute Gasteiger partial charge is 0.228 e. The highest BCUT2D eigenvalue weighted by Gasteiger charge is 2.30. The van der Waals surface area contributed by atoms with E-state index >= 15 is 0 Å². The summed E-state index contributed by atoms with van der Waals surface area (Å²) in [6, 6.07) is 8.15. The van der Waals surface area contributed by atoms with E-state index < -0.39 is 0 Å². The van der Waals surface area contributed by atoms with Crippen LogP contribution in [0.25, 0.3) is 11.4 Å². The van der Waals surface area contributed by atoms with Gasteiger partial charge in [-0.3, -0.25) is 14.1 Å². The minimum absolute atomic E-state index is 0.272. The van der Waals surface area contributed by atoms with Crippen molar-refractivity contribution in [3.05, 3.63) is 48.7 Å². The van der Waals surface area contributed by atoms with Gasteiger partial charge in [-0.2, -0.15) is 0 Å². The van der Waals surface area contributed by atoms with E-state index in [1.54, 1.807) is 36.0 Å². The molecule has 2 aliphatic heterocycles. The van der Waals surface area contributed by atoms with Gasteiger partial charge in [0, 0.05) is 42.6 Å². The minimum Gasteiger partial charge on any atom is -0.467 e. The molecule has 0 saturated carbocycles. The van der Waals surface area contributed by atoms with Crippen molar-refractivity contribution in [1.29, 1.82) is 0 Å². The van der Waals surface area contributed by atoms with Crippen LogP contribution in [0.1, 0.15) is 24.6 Å². The van der Waals surface area contributed by atoms with Gasteiger partial charge >= 0.3 is 0 Å². The Kier molecular flexibility index (Phi) is 5.35. The highest BCUT2D eigenvalue weighted by molar-refractivity contribution is 8.00. The summed E-state index contributed by atoms with van der Waals surface area (Å²) in [5, 5.41) is 19.8. The maximum atomic E-state index is 5.62. The first-order valence-corrected chi connectivity index (χ1v) is 12.7. The average Bonchev–Trinajstić information content (AvgIpc) is 3.64. The third-order valence-electron chi connectivity index (χ3n) is 5.74. The van der Waals surface area contributed by atoms with E-state index in [1.165, 1.54) is 12.8 Å². The molecular weight excluding hydrogens is 444 g/mol. The van der Waals surface area contributed by atoms with Gasteiger partial charge in [-0.1, -0.05) is 23.5 Å². The van der Waals surface area contributed by atoms with Gasteiger partial charge in [0.25, 0.3) is 0 Å². The second-order valence-corrected chi connectivity index (χ2v) is 9.81. The molecule has 11 heteroatoms. The molecule has 0 radical (unpaired) electrons. The number of rotatable bonds is 7. The Morgan fingerprint density at radius 3 is 2.84 bits per heavy atom. The summed E-state index contributed by atoms with van der Waals surface area (Å²) in [7, 11) is 0. The highest BCUT2D eigenvalue weighted by Crippen LogP contribution is 2.39. The molecule has 0 aliphatic carbocycles. The van der Waals surface area contributed by atoms with Crippen molar-refractivity contribution in [2.24, 2.45) is 0 Å². The van der Waals surface area contributed by atoms with E-state index in [4.69, 9.17) is 4.42 Å². The maximum Gasteiger partial charge on any atom is 0.228 e. The fraction of sp³-hybridized carbons (Fsp3) is 0.381. The van der Waals surface area contributed by atoms with Crippen molar-refractivity contribution in [1.82, 2.24) is 34.5 Å². The summed E-state index contributed by atoms with van der Waals surface area (Å²) in [5.74, 6) is 4.54. The lowest BCUT2D eigenvalue weighted by atomic mass is 10.2. The number of hydrogen-bond acceptors (Lipinski definition) is 9. The van der Waals surface area contributed by atoms with Gasteiger partial charge in [0.15, 0.2) is 16.1 Å². The fourth-order valence-corrected chi connectivity index (χ4v) is 6.41. The fourth-order valence-electron chi connectivity index (χ4n) is 4.17.